The predicted octanol–water partition coefficient (Wildman–Crippen LogP) is 3.19. The van der Waals surface area contributed by atoms with E-state index in [4.69, 9.17) is 11.6 Å². The number of carbonyl (C=O) groups excluding carboxylic acids is 2. The van der Waals surface area contributed by atoms with Crippen molar-refractivity contribution in [2.45, 2.75) is 31.7 Å². The number of likely N-dealkylation sites (tertiary alicyclic amines) is 1. The number of hydrogen-bond donors (Lipinski definition) is 1. The second kappa shape index (κ2) is 8.53. The van der Waals surface area contributed by atoms with Gasteiger partial charge in [0, 0.05) is 41.5 Å². The van der Waals surface area contributed by atoms with E-state index in [1.165, 1.54) is 0 Å². The maximum atomic E-state index is 12.4. The van der Waals surface area contributed by atoms with Gasteiger partial charge in [-0.3, -0.25) is 9.59 Å². The molecule has 1 fully saturated rings. The Morgan fingerprint density at radius 2 is 1.86 bits per heavy atom. The van der Waals surface area contributed by atoms with Crippen molar-refractivity contribution in [3.05, 3.63) is 34.3 Å². The van der Waals surface area contributed by atoms with Gasteiger partial charge in [0.25, 0.3) is 5.91 Å². The molecule has 1 N–H and O–H groups in total. The van der Waals surface area contributed by atoms with Gasteiger partial charge in [-0.15, -0.1) is 11.6 Å². The maximum absolute atomic E-state index is 12.4. The minimum atomic E-state index is 0.0540. The van der Waals surface area contributed by atoms with Crippen molar-refractivity contribution < 1.29 is 9.59 Å². The zero-order chi connectivity index (χ0) is 15.9. The normalized spacial score (nSPS) is 15.6. The molecule has 0 spiro atoms. The van der Waals surface area contributed by atoms with Crippen molar-refractivity contribution in [3.63, 3.8) is 0 Å². The fraction of sp³-hybridized carbons (Fsp3) is 0.500. The number of benzene rings is 1. The first kappa shape index (κ1) is 17.3. The number of nitrogens with one attached hydrogen (secondary N) is 1. The Morgan fingerprint density at radius 1 is 1.23 bits per heavy atom. The highest BCUT2D eigenvalue weighted by Crippen LogP contribution is 2.16. The minimum Gasteiger partial charge on any atom is -0.353 e. The summed E-state index contributed by atoms with van der Waals surface area (Å²) < 4.78 is 0.961. The highest BCUT2D eigenvalue weighted by molar-refractivity contribution is 9.10. The summed E-state index contributed by atoms with van der Waals surface area (Å²) >= 11 is 8.95. The molecule has 0 bridgehead atoms. The second-order valence-electron chi connectivity index (χ2n) is 5.43. The summed E-state index contributed by atoms with van der Waals surface area (Å²) in [6, 6.07) is 7.56. The Labute approximate surface area is 144 Å². The molecule has 1 aromatic carbocycles. The molecule has 0 radical (unpaired) electrons. The fourth-order valence-electron chi connectivity index (χ4n) is 2.53. The van der Waals surface area contributed by atoms with Gasteiger partial charge in [0.1, 0.15) is 0 Å². The van der Waals surface area contributed by atoms with Crippen LogP contribution in [0.25, 0.3) is 0 Å². The summed E-state index contributed by atoms with van der Waals surface area (Å²) in [5.41, 5.74) is 0.702. The molecule has 2 rings (SSSR count). The number of alkyl halides is 1. The summed E-state index contributed by atoms with van der Waals surface area (Å²) in [6.45, 7) is 1.35. The number of piperidine rings is 1. The van der Waals surface area contributed by atoms with Crippen LogP contribution < -0.4 is 5.32 Å². The van der Waals surface area contributed by atoms with Gasteiger partial charge in [-0.1, -0.05) is 15.9 Å². The number of halogens is 2. The highest BCUT2D eigenvalue weighted by atomic mass is 79.9. The Morgan fingerprint density at radius 3 is 2.45 bits per heavy atom. The highest BCUT2D eigenvalue weighted by Gasteiger charge is 2.24. The molecule has 6 heteroatoms. The number of amides is 2. The van der Waals surface area contributed by atoms with Crippen LogP contribution in [0.3, 0.4) is 0 Å². The first-order valence-electron chi connectivity index (χ1n) is 7.50. The molecular weight excluding hydrogens is 368 g/mol. The Bertz CT molecular complexity index is 513. The molecule has 4 nitrogen and oxygen atoms in total. The average molecular weight is 388 g/mol. The van der Waals surface area contributed by atoms with Gasteiger partial charge < -0.3 is 10.2 Å². The zero-order valence-corrected chi connectivity index (χ0v) is 14.7. The first-order valence-corrected chi connectivity index (χ1v) is 8.83. The predicted molar refractivity (Wildman–Crippen MR) is 91.2 cm³/mol. The minimum absolute atomic E-state index is 0.0540. The van der Waals surface area contributed by atoms with Crippen LogP contribution in [0.5, 0.6) is 0 Å². The quantitative estimate of drug-likeness (QED) is 0.789. The van der Waals surface area contributed by atoms with Crippen LogP contribution in [0.15, 0.2) is 28.7 Å². The average Bonchev–Trinajstić information content (AvgIpc) is 2.54. The lowest BCUT2D eigenvalue weighted by Crippen LogP contribution is -2.46. The standard InChI is InChI=1S/C16H20BrClN2O2/c17-13-5-3-12(4-6-13)16(22)20-10-7-14(8-11-20)19-15(21)2-1-9-18/h3-6,14H,1-2,7-11H2,(H,19,21). The number of hydrogen-bond acceptors (Lipinski definition) is 2. The van der Waals surface area contributed by atoms with E-state index in [9.17, 15) is 9.59 Å². The van der Waals surface area contributed by atoms with E-state index < -0.39 is 0 Å². The van der Waals surface area contributed by atoms with Crippen LogP contribution in [0.2, 0.25) is 0 Å². The van der Waals surface area contributed by atoms with Crippen LogP contribution in [-0.4, -0.2) is 41.7 Å². The van der Waals surface area contributed by atoms with Gasteiger partial charge in [0.15, 0.2) is 0 Å². The molecular formula is C16H20BrClN2O2. The number of rotatable bonds is 5. The SMILES string of the molecule is O=C(CCCCl)NC1CCN(C(=O)c2ccc(Br)cc2)CC1. The lowest BCUT2D eigenvalue weighted by atomic mass is 10.0. The molecule has 1 saturated heterocycles. The van der Waals surface area contributed by atoms with E-state index in [1.54, 1.807) is 0 Å². The molecule has 0 unspecified atom stereocenters. The van der Waals surface area contributed by atoms with Crippen molar-refractivity contribution in [3.8, 4) is 0 Å². The van der Waals surface area contributed by atoms with Gasteiger partial charge in [-0.2, -0.15) is 0 Å². The van der Waals surface area contributed by atoms with Crippen molar-refractivity contribution in [2.24, 2.45) is 0 Å². The maximum Gasteiger partial charge on any atom is 0.253 e. The molecule has 2 amide bonds. The number of nitrogens with zero attached hydrogens (tertiary/aromatic N) is 1. The third-order valence-electron chi connectivity index (χ3n) is 3.78. The summed E-state index contributed by atoms with van der Waals surface area (Å²) in [5, 5.41) is 3.02. The lowest BCUT2D eigenvalue weighted by Gasteiger charge is -2.32. The summed E-state index contributed by atoms with van der Waals surface area (Å²) in [7, 11) is 0. The summed E-state index contributed by atoms with van der Waals surface area (Å²) in [5.74, 6) is 0.617. The van der Waals surface area contributed by atoms with Gasteiger partial charge in [0.05, 0.1) is 0 Å². The van der Waals surface area contributed by atoms with Crippen molar-refractivity contribution >= 4 is 39.3 Å². The smallest absolute Gasteiger partial charge is 0.253 e. The van der Waals surface area contributed by atoms with Gasteiger partial charge in [-0.25, -0.2) is 0 Å². The topological polar surface area (TPSA) is 49.4 Å². The summed E-state index contributed by atoms with van der Waals surface area (Å²) in [6.07, 6.45) is 2.78. The number of carbonyl (C=O) groups is 2. The Balaban J connectivity index is 1.80. The van der Waals surface area contributed by atoms with Crippen LogP contribution >= 0.6 is 27.5 Å². The van der Waals surface area contributed by atoms with Gasteiger partial charge >= 0.3 is 0 Å². The Kier molecular flexibility index (Phi) is 6.70. The van der Waals surface area contributed by atoms with E-state index in [-0.39, 0.29) is 17.9 Å². The summed E-state index contributed by atoms with van der Waals surface area (Å²) in [4.78, 5) is 25.9. The molecule has 1 aliphatic rings. The first-order chi connectivity index (χ1) is 10.6. The molecule has 1 aromatic rings. The monoisotopic (exact) mass is 386 g/mol. The van der Waals surface area contributed by atoms with Crippen LogP contribution in [-0.2, 0) is 4.79 Å². The molecule has 22 heavy (non-hydrogen) atoms. The molecule has 0 aliphatic carbocycles. The van der Waals surface area contributed by atoms with E-state index >= 15 is 0 Å². The second-order valence-corrected chi connectivity index (χ2v) is 6.73. The van der Waals surface area contributed by atoms with Crippen LogP contribution in [0.1, 0.15) is 36.0 Å². The van der Waals surface area contributed by atoms with E-state index in [2.05, 4.69) is 21.2 Å². The largest absolute Gasteiger partial charge is 0.353 e. The third-order valence-corrected chi connectivity index (χ3v) is 4.57. The van der Waals surface area contributed by atoms with Gasteiger partial charge in [-0.05, 0) is 43.5 Å². The van der Waals surface area contributed by atoms with E-state index in [0.29, 0.717) is 37.4 Å². The fourth-order valence-corrected chi connectivity index (χ4v) is 2.93. The lowest BCUT2D eigenvalue weighted by molar-refractivity contribution is -0.122. The molecule has 0 aromatic heterocycles. The van der Waals surface area contributed by atoms with Gasteiger partial charge in [0.2, 0.25) is 5.91 Å². The van der Waals surface area contributed by atoms with Crippen molar-refractivity contribution in [1.29, 1.82) is 0 Å². The van der Waals surface area contributed by atoms with E-state index in [1.807, 2.05) is 29.2 Å². The molecule has 1 heterocycles. The van der Waals surface area contributed by atoms with Crippen molar-refractivity contribution in [1.82, 2.24) is 10.2 Å². The Hall–Kier alpha value is -1.07. The third kappa shape index (κ3) is 4.99. The van der Waals surface area contributed by atoms with Crippen molar-refractivity contribution in [2.75, 3.05) is 19.0 Å². The zero-order valence-electron chi connectivity index (χ0n) is 12.4. The van der Waals surface area contributed by atoms with E-state index in [0.717, 1.165) is 17.3 Å². The van der Waals surface area contributed by atoms with Crippen LogP contribution in [0.4, 0.5) is 0 Å². The molecule has 120 valence electrons. The molecule has 0 atom stereocenters. The molecule has 0 saturated carbocycles. The van der Waals surface area contributed by atoms with Crippen LogP contribution in [0, 0.1) is 0 Å². The molecule has 1 aliphatic heterocycles.